The number of carbonyl (C=O) groups is 2. The van der Waals surface area contributed by atoms with Crippen molar-refractivity contribution in [2.75, 3.05) is 20.8 Å². The molecule has 7 heteroatoms. The zero-order chi connectivity index (χ0) is 17.0. The second-order valence-corrected chi connectivity index (χ2v) is 5.02. The molecule has 1 heterocycles. The van der Waals surface area contributed by atoms with Gasteiger partial charge in [0.15, 0.2) is 11.5 Å². The number of ether oxygens (including phenoxy) is 3. The average Bonchev–Trinajstić information content (AvgIpc) is 2.53. The lowest BCUT2D eigenvalue weighted by Crippen LogP contribution is -2.44. The Labute approximate surface area is 134 Å². The van der Waals surface area contributed by atoms with Crippen molar-refractivity contribution in [2.45, 2.75) is 19.9 Å². The third-order valence-corrected chi connectivity index (χ3v) is 3.65. The molecular formula is C16H20N2O5. The second kappa shape index (κ2) is 7.13. The number of aliphatic imine (C=N–C) groups is 1. The quantitative estimate of drug-likeness (QED) is 0.840. The molecule has 2 unspecified atom stereocenters. The Morgan fingerprint density at radius 1 is 1.26 bits per heavy atom. The number of hydrogen-bond donors (Lipinski definition) is 1. The molecule has 2 rings (SSSR count). The van der Waals surface area contributed by atoms with Gasteiger partial charge in [-0.3, -0.25) is 4.79 Å². The maximum atomic E-state index is 12.3. The summed E-state index contributed by atoms with van der Waals surface area (Å²) in [6.45, 7) is 3.64. The lowest BCUT2D eigenvalue weighted by molar-refractivity contribution is -0.146. The smallest absolute Gasteiger partial charge is 0.341 e. The molecule has 0 aliphatic carbocycles. The lowest BCUT2D eigenvalue weighted by atomic mass is 9.88. The van der Waals surface area contributed by atoms with Gasteiger partial charge < -0.3 is 19.5 Å². The Hall–Kier alpha value is -2.57. The highest BCUT2D eigenvalue weighted by Crippen LogP contribution is 2.34. The standard InChI is InChI=1S/C16H20N2O5/c1-5-23-15(19)13-9(2)17-16(20)18-14(13)10-6-7-11(21-3)12(8-10)22-4/h6-8,13-14H,5H2,1-4H3,(H,18,20). The van der Waals surface area contributed by atoms with E-state index in [4.69, 9.17) is 14.2 Å². The van der Waals surface area contributed by atoms with Gasteiger partial charge in [0.25, 0.3) is 0 Å². The number of nitrogens with zero attached hydrogens (tertiary/aromatic N) is 1. The summed E-state index contributed by atoms with van der Waals surface area (Å²) in [5.41, 5.74) is 1.13. The predicted molar refractivity (Wildman–Crippen MR) is 84.1 cm³/mol. The monoisotopic (exact) mass is 320 g/mol. The van der Waals surface area contributed by atoms with Crippen LogP contribution in [0.25, 0.3) is 0 Å². The topological polar surface area (TPSA) is 86.2 Å². The van der Waals surface area contributed by atoms with Crippen LogP contribution in [0.5, 0.6) is 11.5 Å². The van der Waals surface area contributed by atoms with Crippen molar-refractivity contribution in [3.8, 4) is 11.5 Å². The van der Waals surface area contributed by atoms with Crippen LogP contribution in [0.2, 0.25) is 0 Å². The molecule has 1 N–H and O–H groups in total. The van der Waals surface area contributed by atoms with Crippen LogP contribution >= 0.6 is 0 Å². The van der Waals surface area contributed by atoms with Crippen molar-refractivity contribution in [3.63, 3.8) is 0 Å². The number of benzene rings is 1. The van der Waals surface area contributed by atoms with Gasteiger partial charge in [0, 0.05) is 5.71 Å². The van der Waals surface area contributed by atoms with Crippen LogP contribution in [-0.4, -0.2) is 38.5 Å². The van der Waals surface area contributed by atoms with Gasteiger partial charge in [-0.25, -0.2) is 9.79 Å². The molecule has 1 aliphatic rings. The van der Waals surface area contributed by atoms with Crippen molar-refractivity contribution >= 4 is 17.7 Å². The number of urea groups is 1. The summed E-state index contributed by atoms with van der Waals surface area (Å²) in [4.78, 5) is 27.8. The first-order chi connectivity index (χ1) is 11.0. The highest BCUT2D eigenvalue weighted by molar-refractivity contribution is 6.08. The van der Waals surface area contributed by atoms with Gasteiger partial charge in [0.1, 0.15) is 5.92 Å². The van der Waals surface area contributed by atoms with Gasteiger partial charge >= 0.3 is 12.0 Å². The van der Waals surface area contributed by atoms with Crippen LogP contribution in [0.3, 0.4) is 0 Å². The zero-order valence-corrected chi connectivity index (χ0v) is 13.6. The molecule has 0 bridgehead atoms. The molecule has 1 aromatic carbocycles. The Morgan fingerprint density at radius 3 is 2.57 bits per heavy atom. The van der Waals surface area contributed by atoms with Crippen LogP contribution in [0.15, 0.2) is 23.2 Å². The van der Waals surface area contributed by atoms with Gasteiger partial charge in [-0.2, -0.15) is 0 Å². The van der Waals surface area contributed by atoms with Gasteiger partial charge in [0.05, 0.1) is 26.9 Å². The highest BCUT2D eigenvalue weighted by atomic mass is 16.5. The van der Waals surface area contributed by atoms with Crippen LogP contribution in [0.1, 0.15) is 25.5 Å². The summed E-state index contributed by atoms with van der Waals surface area (Å²) in [6, 6.07) is 4.18. The lowest BCUT2D eigenvalue weighted by Gasteiger charge is -2.29. The fourth-order valence-electron chi connectivity index (χ4n) is 2.58. The Kier molecular flexibility index (Phi) is 5.20. The minimum Gasteiger partial charge on any atom is -0.493 e. The van der Waals surface area contributed by atoms with Gasteiger partial charge in [-0.1, -0.05) is 6.07 Å². The number of rotatable bonds is 5. The third kappa shape index (κ3) is 3.44. The maximum absolute atomic E-state index is 12.3. The largest absolute Gasteiger partial charge is 0.493 e. The molecule has 23 heavy (non-hydrogen) atoms. The molecule has 0 saturated carbocycles. The average molecular weight is 320 g/mol. The normalized spacial score (nSPS) is 20.3. The third-order valence-electron chi connectivity index (χ3n) is 3.65. The Morgan fingerprint density at radius 2 is 1.96 bits per heavy atom. The molecule has 0 spiro atoms. The van der Waals surface area contributed by atoms with E-state index >= 15 is 0 Å². The number of methoxy groups -OCH3 is 2. The van der Waals surface area contributed by atoms with E-state index in [1.165, 1.54) is 14.2 Å². The van der Waals surface area contributed by atoms with E-state index in [9.17, 15) is 9.59 Å². The van der Waals surface area contributed by atoms with E-state index in [1.54, 1.807) is 32.0 Å². The van der Waals surface area contributed by atoms with Crippen molar-refractivity contribution in [1.82, 2.24) is 5.32 Å². The molecule has 0 saturated heterocycles. The minimum atomic E-state index is -0.675. The van der Waals surface area contributed by atoms with E-state index in [2.05, 4.69) is 10.3 Å². The Bertz CT molecular complexity index is 641. The summed E-state index contributed by atoms with van der Waals surface area (Å²) < 4.78 is 15.6. The fraction of sp³-hybridized carbons (Fsp3) is 0.438. The van der Waals surface area contributed by atoms with Gasteiger partial charge in [-0.15, -0.1) is 0 Å². The van der Waals surface area contributed by atoms with Crippen LogP contribution in [0.4, 0.5) is 4.79 Å². The first-order valence-electron chi connectivity index (χ1n) is 7.26. The maximum Gasteiger partial charge on any atom is 0.341 e. The number of esters is 1. The summed E-state index contributed by atoms with van der Waals surface area (Å²) in [5.74, 6) is -0.0160. The van der Waals surface area contributed by atoms with Gasteiger partial charge in [-0.05, 0) is 31.5 Å². The van der Waals surface area contributed by atoms with Crippen molar-refractivity contribution in [1.29, 1.82) is 0 Å². The second-order valence-electron chi connectivity index (χ2n) is 5.02. The van der Waals surface area contributed by atoms with Crippen molar-refractivity contribution in [2.24, 2.45) is 10.9 Å². The van der Waals surface area contributed by atoms with E-state index in [1.807, 2.05) is 0 Å². The molecule has 2 atom stereocenters. The number of hydrogen-bond acceptors (Lipinski definition) is 5. The molecule has 0 aromatic heterocycles. The molecule has 0 radical (unpaired) electrons. The predicted octanol–water partition coefficient (Wildman–Crippen LogP) is 2.11. The van der Waals surface area contributed by atoms with Crippen molar-refractivity contribution < 1.29 is 23.8 Å². The first kappa shape index (κ1) is 16.8. The summed E-state index contributed by atoms with van der Waals surface area (Å²) >= 11 is 0. The summed E-state index contributed by atoms with van der Waals surface area (Å²) in [7, 11) is 3.06. The van der Waals surface area contributed by atoms with Crippen LogP contribution in [-0.2, 0) is 9.53 Å². The molecule has 124 valence electrons. The van der Waals surface area contributed by atoms with Crippen LogP contribution < -0.4 is 14.8 Å². The van der Waals surface area contributed by atoms with E-state index in [0.29, 0.717) is 22.8 Å². The molecule has 2 amide bonds. The van der Waals surface area contributed by atoms with E-state index in [0.717, 1.165) is 0 Å². The fourth-order valence-corrected chi connectivity index (χ4v) is 2.58. The van der Waals surface area contributed by atoms with E-state index < -0.39 is 24.0 Å². The molecule has 1 aromatic rings. The molecule has 0 fully saturated rings. The summed E-state index contributed by atoms with van der Waals surface area (Å²) in [6.07, 6.45) is 0. The van der Waals surface area contributed by atoms with Crippen LogP contribution in [0, 0.1) is 5.92 Å². The number of nitrogens with one attached hydrogen (secondary N) is 1. The number of carbonyl (C=O) groups excluding carboxylic acids is 2. The highest BCUT2D eigenvalue weighted by Gasteiger charge is 2.38. The zero-order valence-electron chi connectivity index (χ0n) is 13.6. The van der Waals surface area contributed by atoms with E-state index in [-0.39, 0.29) is 6.61 Å². The summed E-state index contributed by atoms with van der Waals surface area (Å²) in [5, 5.41) is 2.72. The van der Waals surface area contributed by atoms with Crippen molar-refractivity contribution in [3.05, 3.63) is 23.8 Å². The number of amides is 2. The SMILES string of the molecule is CCOC(=O)C1C(C)=NC(=O)NC1c1ccc(OC)c(OC)c1. The van der Waals surface area contributed by atoms with Gasteiger partial charge in [0.2, 0.25) is 0 Å². The Balaban J connectivity index is 2.43. The molecule has 1 aliphatic heterocycles. The molecule has 7 nitrogen and oxygen atoms in total. The first-order valence-corrected chi connectivity index (χ1v) is 7.26. The molecular weight excluding hydrogens is 300 g/mol. The minimum absolute atomic E-state index is 0.259.